The number of halogens is 1. The third-order valence-electron chi connectivity index (χ3n) is 0.918. The lowest BCUT2D eigenvalue weighted by Gasteiger charge is -1.97. The molecule has 0 aliphatic rings. The van der Waals surface area contributed by atoms with Crippen molar-refractivity contribution in [3.8, 4) is 0 Å². The summed E-state index contributed by atoms with van der Waals surface area (Å²) in [5.41, 5.74) is 0. The summed E-state index contributed by atoms with van der Waals surface area (Å²) in [6.07, 6.45) is 4.07. The molecule has 0 aliphatic carbocycles. The van der Waals surface area contributed by atoms with Crippen LogP contribution in [0.4, 0.5) is 0 Å². The van der Waals surface area contributed by atoms with Gasteiger partial charge in [0, 0.05) is 11.9 Å². The molecule has 2 heteroatoms. The molecule has 0 saturated heterocycles. The fraction of sp³-hybridized carbons (Fsp3) is 0.714. The molecular formula is C7H13BrO. The zero-order chi connectivity index (χ0) is 6.95. The first kappa shape index (κ1) is 9.18. The molecule has 0 radical (unpaired) electrons. The molecule has 0 aromatic heterocycles. The van der Waals surface area contributed by atoms with E-state index in [0.29, 0.717) is 0 Å². The van der Waals surface area contributed by atoms with E-state index in [2.05, 4.69) is 22.5 Å². The first-order valence-corrected chi connectivity index (χ1v) is 4.28. The lowest BCUT2D eigenvalue weighted by Crippen LogP contribution is -1.96. The van der Waals surface area contributed by atoms with Gasteiger partial charge in [-0.15, -0.1) is 6.58 Å². The van der Waals surface area contributed by atoms with Gasteiger partial charge < -0.3 is 4.74 Å². The Morgan fingerprint density at radius 2 is 2.22 bits per heavy atom. The fourth-order valence-electron chi connectivity index (χ4n) is 0.486. The minimum atomic E-state index is 0.817. The normalized spacial score (nSPS) is 9.44. The van der Waals surface area contributed by atoms with Crippen LogP contribution in [0.5, 0.6) is 0 Å². The van der Waals surface area contributed by atoms with E-state index >= 15 is 0 Å². The van der Waals surface area contributed by atoms with Crippen molar-refractivity contribution in [2.45, 2.75) is 12.8 Å². The first-order chi connectivity index (χ1) is 4.41. The fourth-order valence-corrected chi connectivity index (χ4v) is 0.715. The van der Waals surface area contributed by atoms with Crippen LogP contribution in [0.2, 0.25) is 0 Å². The van der Waals surface area contributed by atoms with Crippen molar-refractivity contribution >= 4 is 15.9 Å². The molecule has 54 valence electrons. The summed E-state index contributed by atoms with van der Waals surface area (Å²) in [4.78, 5) is 0. The number of hydrogen-bond donors (Lipinski definition) is 0. The van der Waals surface area contributed by atoms with Crippen LogP contribution in [-0.2, 0) is 4.74 Å². The predicted molar refractivity (Wildman–Crippen MR) is 44.0 cm³/mol. The highest BCUT2D eigenvalue weighted by Gasteiger charge is 1.83. The van der Waals surface area contributed by atoms with E-state index in [-0.39, 0.29) is 0 Å². The number of unbranched alkanes of at least 4 members (excludes halogenated alkanes) is 1. The molecule has 0 aromatic rings. The average molecular weight is 193 g/mol. The number of ether oxygens (including phenoxy) is 1. The monoisotopic (exact) mass is 192 g/mol. The third kappa shape index (κ3) is 8.18. The van der Waals surface area contributed by atoms with Gasteiger partial charge in [0.2, 0.25) is 0 Å². The Labute approximate surface area is 65.2 Å². The van der Waals surface area contributed by atoms with Crippen LogP contribution in [-0.4, -0.2) is 18.5 Å². The van der Waals surface area contributed by atoms with Crippen LogP contribution in [0.25, 0.3) is 0 Å². The summed E-state index contributed by atoms with van der Waals surface area (Å²) in [5, 5.41) is 0.932. The van der Waals surface area contributed by atoms with Gasteiger partial charge in [-0.3, -0.25) is 0 Å². The van der Waals surface area contributed by atoms with Gasteiger partial charge in [-0.2, -0.15) is 0 Å². The van der Waals surface area contributed by atoms with Gasteiger partial charge in [0.05, 0.1) is 6.61 Å². The number of allylic oxidation sites excluding steroid dienone is 1. The maximum atomic E-state index is 5.19. The maximum Gasteiger partial charge on any atom is 0.0563 e. The van der Waals surface area contributed by atoms with Crippen LogP contribution in [0.1, 0.15) is 12.8 Å². The van der Waals surface area contributed by atoms with Crippen molar-refractivity contribution in [2.75, 3.05) is 18.5 Å². The van der Waals surface area contributed by atoms with Gasteiger partial charge in [-0.1, -0.05) is 22.0 Å². The standard InChI is InChI=1S/C7H13BrO/c1-2-3-4-6-9-7-5-8/h2H,1,3-7H2. The second kappa shape index (κ2) is 8.18. The first-order valence-electron chi connectivity index (χ1n) is 3.16. The Hall–Kier alpha value is 0.180. The van der Waals surface area contributed by atoms with Crippen LogP contribution in [0.15, 0.2) is 12.7 Å². The van der Waals surface area contributed by atoms with Crippen LogP contribution >= 0.6 is 15.9 Å². The van der Waals surface area contributed by atoms with Gasteiger partial charge in [0.15, 0.2) is 0 Å². The molecule has 0 aliphatic heterocycles. The lowest BCUT2D eigenvalue weighted by molar-refractivity contribution is 0.149. The molecule has 9 heavy (non-hydrogen) atoms. The van der Waals surface area contributed by atoms with Gasteiger partial charge in [0.1, 0.15) is 0 Å². The summed E-state index contributed by atoms with van der Waals surface area (Å²) in [6, 6.07) is 0. The predicted octanol–water partition coefficient (Wildman–Crippen LogP) is 2.36. The Morgan fingerprint density at radius 3 is 2.78 bits per heavy atom. The minimum Gasteiger partial charge on any atom is -0.381 e. The van der Waals surface area contributed by atoms with Gasteiger partial charge >= 0.3 is 0 Å². The van der Waals surface area contributed by atoms with Crippen molar-refractivity contribution in [2.24, 2.45) is 0 Å². The van der Waals surface area contributed by atoms with E-state index in [1.165, 1.54) is 0 Å². The third-order valence-corrected chi connectivity index (χ3v) is 1.24. The Morgan fingerprint density at radius 1 is 1.44 bits per heavy atom. The molecule has 0 rings (SSSR count). The SMILES string of the molecule is C=CCCCOCCBr. The Balaban J connectivity index is 2.66. The van der Waals surface area contributed by atoms with Gasteiger partial charge in [-0.05, 0) is 12.8 Å². The molecule has 0 unspecified atom stereocenters. The topological polar surface area (TPSA) is 9.23 Å². The van der Waals surface area contributed by atoms with Gasteiger partial charge in [-0.25, -0.2) is 0 Å². The highest BCUT2D eigenvalue weighted by molar-refractivity contribution is 9.09. The number of alkyl halides is 1. The lowest BCUT2D eigenvalue weighted by atomic mass is 10.3. The quantitative estimate of drug-likeness (QED) is 0.357. The molecular weight excluding hydrogens is 180 g/mol. The number of hydrogen-bond acceptors (Lipinski definition) is 1. The molecule has 0 N–H and O–H groups in total. The minimum absolute atomic E-state index is 0.817. The maximum absolute atomic E-state index is 5.19. The molecule has 0 amide bonds. The van der Waals surface area contributed by atoms with Crippen molar-refractivity contribution in [3.63, 3.8) is 0 Å². The second-order valence-electron chi connectivity index (χ2n) is 1.73. The van der Waals surface area contributed by atoms with Crippen LogP contribution in [0, 0.1) is 0 Å². The highest BCUT2D eigenvalue weighted by atomic mass is 79.9. The molecule has 0 saturated carbocycles. The zero-order valence-corrected chi connectivity index (χ0v) is 7.19. The summed E-state index contributed by atoms with van der Waals surface area (Å²) >= 11 is 3.27. The molecule has 0 fully saturated rings. The van der Waals surface area contributed by atoms with E-state index < -0.39 is 0 Å². The van der Waals surface area contributed by atoms with Crippen molar-refractivity contribution in [1.29, 1.82) is 0 Å². The largest absolute Gasteiger partial charge is 0.381 e. The van der Waals surface area contributed by atoms with E-state index in [1.807, 2.05) is 6.08 Å². The molecule has 0 heterocycles. The molecule has 0 atom stereocenters. The number of rotatable bonds is 6. The van der Waals surface area contributed by atoms with E-state index in [4.69, 9.17) is 4.74 Å². The van der Waals surface area contributed by atoms with E-state index in [9.17, 15) is 0 Å². The Bertz CT molecular complexity index is 63.9. The molecule has 0 bridgehead atoms. The van der Waals surface area contributed by atoms with E-state index in [0.717, 1.165) is 31.4 Å². The zero-order valence-electron chi connectivity index (χ0n) is 5.61. The summed E-state index contributed by atoms with van der Waals surface area (Å²) in [6.45, 7) is 5.29. The van der Waals surface area contributed by atoms with Crippen LogP contribution < -0.4 is 0 Å². The van der Waals surface area contributed by atoms with Gasteiger partial charge in [0.25, 0.3) is 0 Å². The van der Waals surface area contributed by atoms with Crippen LogP contribution in [0.3, 0.4) is 0 Å². The molecule has 0 spiro atoms. The molecule has 0 aromatic carbocycles. The summed E-state index contributed by atoms with van der Waals surface area (Å²) in [7, 11) is 0. The summed E-state index contributed by atoms with van der Waals surface area (Å²) in [5.74, 6) is 0. The Kier molecular flexibility index (Phi) is 8.34. The van der Waals surface area contributed by atoms with Crippen molar-refractivity contribution in [3.05, 3.63) is 12.7 Å². The average Bonchev–Trinajstić information content (AvgIpc) is 1.89. The second-order valence-corrected chi connectivity index (χ2v) is 2.53. The summed E-state index contributed by atoms with van der Waals surface area (Å²) < 4.78 is 5.19. The smallest absolute Gasteiger partial charge is 0.0563 e. The van der Waals surface area contributed by atoms with E-state index in [1.54, 1.807) is 0 Å². The van der Waals surface area contributed by atoms with Crippen molar-refractivity contribution in [1.82, 2.24) is 0 Å². The van der Waals surface area contributed by atoms with Crippen molar-refractivity contribution < 1.29 is 4.74 Å². The highest BCUT2D eigenvalue weighted by Crippen LogP contribution is 1.90. The molecule has 1 nitrogen and oxygen atoms in total.